The molecule has 4 heteroatoms. The molecular formula is C15H21N3O. The Morgan fingerprint density at radius 3 is 2.79 bits per heavy atom. The SMILES string of the molecule is CCOC1CC(Nc2ccc(C#N)cc2N)C1(C)C. The molecule has 0 spiro atoms. The van der Waals surface area contributed by atoms with E-state index >= 15 is 0 Å². The summed E-state index contributed by atoms with van der Waals surface area (Å²) in [6.07, 6.45) is 1.29. The number of benzene rings is 1. The number of anilines is 2. The van der Waals surface area contributed by atoms with Gasteiger partial charge >= 0.3 is 0 Å². The smallest absolute Gasteiger partial charge is 0.0992 e. The van der Waals surface area contributed by atoms with Crippen LogP contribution in [0.15, 0.2) is 18.2 Å². The molecule has 2 atom stereocenters. The Balaban J connectivity index is 2.06. The van der Waals surface area contributed by atoms with Crippen molar-refractivity contribution in [2.75, 3.05) is 17.7 Å². The molecule has 19 heavy (non-hydrogen) atoms. The van der Waals surface area contributed by atoms with E-state index in [9.17, 15) is 0 Å². The van der Waals surface area contributed by atoms with Crippen molar-refractivity contribution in [2.24, 2.45) is 5.41 Å². The monoisotopic (exact) mass is 259 g/mol. The molecule has 102 valence electrons. The van der Waals surface area contributed by atoms with Crippen molar-refractivity contribution in [1.82, 2.24) is 0 Å². The normalized spacial score (nSPS) is 24.3. The lowest BCUT2D eigenvalue weighted by molar-refractivity contribution is -0.0975. The lowest BCUT2D eigenvalue weighted by Gasteiger charge is -2.52. The molecule has 1 aliphatic carbocycles. The first-order chi connectivity index (χ1) is 8.98. The third kappa shape index (κ3) is 2.52. The zero-order valence-electron chi connectivity index (χ0n) is 11.7. The Morgan fingerprint density at radius 1 is 1.53 bits per heavy atom. The van der Waals surface area contributed by atoms with Crippen LogP contribution in [0.1, 0.15) is 32.8 Å². The predicted octanol–water partition coefficient (Wildman–Crippen LogP) is 2.76. The number of rotatable bonds is 4. The Labute approximate surface area is 114 Å². The molecule has 1 aliphatic rings. The van der Waals surface area contributed by atoms with Crippen molar-refractivity contribution in [2.45, 2.75) is 39.3 Å². The van der Waals surface area contributed by atoms with Gasteiger partial charge in [-0.2, -0.15) is 5.26 Å². The van der Waals surface area contributed by atoms with Gasteiger partial charge in [0.25, 0.3) is 0 Å². The maximum atomic E-state index is 8.83. The summed E-state index contributed by atoms with van der Waals surface area (Å²) in [4.78, 5) is 0. The third-order valence-corrected chi connectivity index (χ3v) is 4.06. The Kier molecular flexibility index (Phi) is 3.68. The molecule has 1 fully saturated rings. The molecule has 0 heterocycles. The van der Waals surface area contributed by atoms with Crippen molar-refractivity contribution >= 4 is 11.4 Å². The van der Waals surface area contributed by atoms with Crippen LogP contribution in [0.5, 0.6) is 0 Å². The van der Waals surface area contributed by atoms with Crippen LogP contribution in [-0.2, 0) is 4.74 Å². The minimum atomic E-state index is 0.0936. The van der Waals surface area contributed by atoms with E-state index in [0.29, 0.717) is 23.4 Å². The summed E-state index contributed by atoms with van der Waals surface area (Å²) in [5, 5.41) is 12.3. The number of nitriles is 1. The molecule has 0 saturated heterocycles. The van der Waals surface area contributed by atoms with Gasteiger partial charge < -0.3 is 15.8 Å². The summed E-state index contributed by atoms with van der Waals surface area (Å²) in [6, 6.07) is 7.79. The van der Waals surface area contributed by atoms with E-state index < -0.39 is 0 Å². The molecule has 0 aliphatic heterocycles. The summed E-state index contributed by atoms with van der Waals surface area (Å²) in [7, 11) is 0. The van der Waals surface area contributed by atoms with Gasteiger partial charge in [-0.1, -0.05) is 13.8 Å². The van der Waals surface area contributed by atoms with Gasteiger partial charge in [-0.15, -0.1) is 0 Å². The van der Waals surface area contributed by atoms with Crippen LogP contribution >= 0.6 is 0 Å². The number of hydrogen-bond acceptors (Lipinski definition) is 4. The third-order valence-electron chi connectivity index (χ3n) is 4.06. The first-order valence-electron chi connectivity index (χ1n) is 6.66. The van der Waals surface area contributed by atoms with Gasteiger partial charge in [0.05, 0.1) is 29.1 Å². The maximum Gasteiger partial charge on any atom is 0.0992 e. The molecule has 0 bridgehead atoms. The Bertz CT molecular complexity index is 505. The molecule has 2 rings (SSSR count). The fourth-order valence-corrected chi connectivity index (χ4v) is 2.57. The number of nitrogens with zero attached hydrogens (tertiary/aromatic N) is 1. The average Bonchev–Trinajstić information content (AvgIpc) is 2.39. The second-order valence-corrected chi connectivity index (χ2v) is 5.61. The van der Waals surface area contributed by atoms with E-state index in [1.165, 1.54) is 0 Å². The fourth-order valence-electron chi connectivity index (χ4n) is 2.57. The van der Waals surface area contributed by atoms with Crippen molar-refractivity contribution < 1.29 is 4.74 Å². The lowest BCUT2D eigenvalue weighted by atomic mass is 9.64. The molecule has 2 unspecified atom stereocenters. The van der Waals surface area contributed by atoms with Gasteiger partial charge in [0, 0.05) is 18.1 Å². The van der Waals surface area contributed by atoms with Crippen LogP contribution in [0, 0.1) is 16.7 Å². The van der Waals surface area contributed by atoms with Crippen molar-refractivity contribution in [3.63, 3.8) is 0 Å². The minimum Gasteiger partial charge on any atom is -0.397 e. The zero-order chi connectivity index (χ0) is 14.0. The van der Waals surface area contributed by atoms with Crippen LogP contribution in [0.4, 0.5) is 11.4 Å². The number of nitrogen functional groups attached to an aromatic ring is 1. The highest BCUT2D eigenvalue weighted by atomic mass is 16.5. The van der Waals surface area contributed by atoms with Gasteiger partial charge in [-0.25, -0.2) is 0 Å². The van der Waals surface area contributed by atoms with Gasteiger partial charge in [0.1, 0.15) is 0 Å². The summed E-state index contributed by atoms with van der Waals surface area (Å²) in [5.74, 6) is 0. The minimum absolute atomic E-state index is 0.0936. The molecule has 1 aromatic carbocycles. The van der Waals surface area contributed by atoms with Crippen molar-refractivity contribution in [3.05, 3.63) is 23.8 Å². The molecule has 1 saturated carbocycles. The number of nitrogens with two attached hydrogens (primary N) is 1. The van der Waals surface area contributed by atoms with Crippen molar-refractivity contribution in [3.8, 4) is 6.07 Å². The summed E-state index contributed by atoms with van der Waals surface area (Å²) < 4.78 is 5.71. The summed E-state index contributed by atoms with van der Waals surface area (Å²) in [5.41, 5.74) is 8.16. The topological polar surface area (TPSA) is 71.1 Å². The van der Waals surface area contributed by atoms with E-state index in [2.05, 4.69) is 25.2 Å². The molecule has 1 aromatic rings. The zero-order valence-corrected chi connectivity index (χ0v) is 11.7. The van der Waals surface area contributed by atoms with Crippen LogP contribution in [0.3, 0.4) is 0 Å². The highest BCUT2D eigenvalue weighted by Crippen LogP contribution is 2.44. The number of nitrogens with one attached hydrogen (secondary N) is 1. The van der Waals surface area contributed by atoms with Gasteiger partial charge in [-0.3, -0.25) is 0 Å². The highest BCUT2D eigenvalue weighted by molar-refractivity contribution is 5.68. The standard InChI is InChI=1S/C15H21N3O/c1-4-19-14-8-13(15(14,2)3)18-12-6-5-10(9-16)7-11(12)17/h5-7,13-14,18H,4,8,17H2,1-3H3. The Morgan fingerprint density at radius 2 is 2.26 bits per heavy atom. The van der Waals surface area contributed by atoms with Crippen LogP contribution < -0.4 is 11.1 Å². The Hall–Kier alpha value is -1.73. The van der Waals surface area contributed by atoms with Crippen LogP contribution in [-0.4, -0.2) is 18.8 Å². The molecular weight excluding hydrogens is 238 g/mol. The van der Waals surface area contributed by atoms with Crippen LogP contribution in [0.25, 0.3) is 0 Å². The van der Waals surface area contributed by atoms with Gasteiger partial charge in [0.15, 0.2) is 0 Å². The molecule has 3 N–H and O–H groups in total. The number of hydrogen-bond donors (Lipinski definition) is 2. The fraction of sp³-hybridized carbons (Fsp3) is 0.533. The average molecular weight is 259 g/mol. The molecule has 0 amide bonds. The first kappa shape index (κ1) is 13.7. The van der Waals surface area contributed by atoms with E-state index in [1.54, 1.807) is 12.1 Å². The van der Waals surface area contributed by atoms with E-state index in [-0.39, 0.29) is 5.41 Å². The first-order valence-corrected chi connectivity index (χ1v) is 6.66. The lowest BCUT2D eigenvalue weighted by Crippen LogP contribution is -2.58. The van der Waals surface area contributed by atoms with Gasteiger partial charge in [0.2, 0.25) is 0 Å². The van der Waals surface area contributed by atoms with E-state index in [1.807, 2.05) is 13.0 Å². The van der Waals surface area contributed by atoms with Gasteiger partial charge in [-0.05, 0) is 31.5 Å². The van der Waals surface area contributed by atoms with E-state index in [4.69, 9.17) is 15.7 Å². The summed E-state index contributed by atoms with van der Waals surface area (Å²) in [6.45, 7) is 7.18. The molecule has 0 radical (unpaired) electrons. The highest BCUT2D eigenvalue weighted by Gasteiger charge is 2.48. The molecule has 4 nitrogen and oxygen atoms in total. The van der Waals surface area contributed by atoms with E-state index in [0.717, 1.165) is 18.7 Å². The second kappa shape index (κ2) is 5.10. The predicted molar refractivity (Wildman–Crippen MR) is 76.8 cm³/mol. The second-order valence-electron chi connectivity index (χ2n) is 5.61. The van der Waals surface area contributed by atoms with Crippen LogP contribution in [0.2, 0.25) is 0 Å². The van der Waals surface area contributed by atoms with Crippen molar-refractivity contribution in [1.29, 1.82) is 5.26 Å². The molecule has 0 aromatic heterocycles. The quantitative estimate of drug-likeness (QED) is 0.816. The maximum absolute atomic E-state index is 8.83. The number of ether oxygens (including phenoxy) is 1. The largest absolute Gasteiger partial charge is 0.397 e. The summed E-state index contributed by atoms with van der Waals surface area (Å²) >= 11 is 0.